The molecular formula is C28H43NO5. The van der Waals surface area contributed by atoms with E-state index in [1.807, 2.05) is 13.8 Å². The summed E-state index contributed by atoms with van der Waals surface area (Å²) in [4.78, 5) is 15.7. The SMILES string of the molecule is COc1[nH]c(CC=C(C)CC(C)=CC(C)=C[C@@H](C)[C@@H](O)[C@]2(C)O[C@H]2C(C)C)c(C)c(=O)c1OC. The summed E-state index contributed by atoms with van der Waals surface area (Å²) in [6.45, 7) is 16.4. The number of aromatic nitrogens is 1. The second kappa shape index (κ2) is 11.4. The summed E-state index contributed by atoms with van der Waals surface area (Å²) in [7, 11) is 2.98. The van der Waals surface area contributed by atoms with Crippen LogP contribution >= 0.6 is 0 Å². The van der Waals surface area contributed by atoms with E-state index in [0.717, 1.165) is 17.7 Å². The molecule has 1 aliphatic rings. The van der Waals surface area contributed by atoms with Crippen LogP contribution in [0.5, 0.6) is 11.6 Å². The number of methoxy groups -OCH3 is 2. The van der Waals surface area contributed by atoms with Crippen molar-refractivity contribution < 1.29 is 19.3 Å². The molecule has 190 valence electrons. The van der Waals surface area contributed by atoms with Gasteiger partial charge in [0.25, 0.3) is 0 Å². The van der Waals surface area contributed by atoms with Gasteiger partial charge in [0.15, 0.2) is 0 Å². The van der Waals surface area contributed by atoms with E-state index in [-0.39, 0.29) is 23.2 Å². The van der Waals surface area contributed by atoms with Crippen molar-refractivity contribution in [3.8, 4) is 11.6 Å². The zero-order chi connectivity index (χ0) is 25.8. The zero-order valence-electron chi connectivity index (χ0n) is 22.5. The summed E-state index contributed by atoms with van der Waals surface area (Å²) in [5.74, 6) is 0.943. The molecule has 1 saturated heterocycles. The van der Waals surface area contributed by atoms with Gasteiger partial charge in [0.05, 0.1) is 26.4 Å². The quantitative estimate of drug-likeness (QED) is 0.259. The molecule has 6 nitrogen and oxygen atoms in total. The monoisotopic (exact) mass is 473 g/mol. The van der Waals surface area contributed by atoms with Crippen LogP contribution in [0.4, 0.5) is 0 Å². The van der Waals surface area contributed by atoms with E-state index in [1.165, 1.54) is 25.4 Å². The van der Waals surface area contributed by atoms with E-state index in [9.17, 15) is 9.90 Å². The lowest BCUT2D eigenvalue weighted by Gasteiger charge is -2.21. The van der Waals surface area contributed by atoms with Crippen LogP contribution in [-0.2, 0) is 11.2 Å². The molecule has 0 spiro atoms. The maximum Gasteiger partial charge on any atom is 0.238 e. The maximum absolute atomic E-state index is 12.5. The molecule has 0 aromatic carbocycles. The topological polar surface area (TPSA) is 84.1 Å². The number of aliphatic hydroxyl groups is 1. The van der Waals surface area contributed by atoms with Crippen LogP contribution in [0.1, 0.15) is 66.1 Å². The first-order valence-electron chi connectivity index (χ1n) is 12.1. The molecular weight excluding hydrogens is 430 g/mol. The van der Waals surface area contributed by atoms with Crippen molar-refractivity contribution >= 4 is 0 Å². The summed E-state index contributed by atoms with van der Waals surface area (Å²) in [5.41, 5.74) is 4.41. The van der Waals surface area contributed by atoms with Crippen LogP contribution in [-0.4, -0.2) is 42.1 Å². The Balaban J connectivity index is 2.05. The molecule has 1 fully saturated rings. The van der Waals surface area contributed by atoms with E-state index in [1.54, 1.807) is 6.92 Å². The van der Waals surface area contributed by atoms with Gasteiger partial charge < -0.3 is 24.3 Å². The molecule has 0 unspecified atom stereocenters. The second-order valence-corrected chi connectivity index (χ2v) is 10.2. The van der Waals surface area contributed by atoms with Gasteiger partial charge in [0.1, 0.15) is 5.60 Å². The molecule has 0 radical (unpaired) electrons. The number of hydrogen-bond acceptors (Lipinski definition) is 5. The molecule has 1 aliphatic heterocycles. The number of allylic oxidation sites excluding steroid dienone is 5. The Morgan fingerprint density at radius 2 is 1.82 bits per heavy atom. The van der Waals surface area contributed by atoms with Crippen LogP contribution in [0.3, 0.4) is 0 Å². The van der Waals surface area contributed by atoms with Gasteiger partial charge in [0.2, 0.25) is 17.1 Å². The van der Waals surface area contributed by atoms with Crippen LogP contribution in [0, 0.1) is 18.8 Å². The van der Waals surface area contributed by atoms with E-state index in [0.29, 0.717) is 23.8 Å². The molecule has 0 amide bonds. The van der Waals surface area contributed by atoms with Crippen molar-refractivity contribution in [2.75, 3.05) is 14.2 Å². The molecule has 0 saturated carbocycles. The molecule has 1 aromatic heterocycles. The lowest BCUT2D eigenvalue weighted by molar-refractivity contribution is 0.0563. The summed E-state index contributed by atoms with van der Waals surface area (Å²) < 4.78 is 16.3. The van der Waals surface area contributed by atoms with Gasteiger partial charge in [-0.2, -0.15) is 0 Å². The first-order chi connectivity index (χ1) is 15.8. The summed E-state index contributed by atoms with van der Waals surface area (Å²) in [5, 5.41) is 10.8. The Hall–Kier alpha value is -2.31. The van der Waals surface area contributed by atoms with Crippen molar-refractivity contribution in [2.24, 2.45) is 11.8 Å². The first kappa shape index (κ1) is 27.9. The molecule has 0 bridgehead atoms. The Morgan fingerprint density at radius 3 is 2.35 bits per heavy atom. The number of hydrogen-bond donors (Lipinski definition) is 2. The van der Waals surface area contributed by atoms with Gasteiger partial charge >= 0.3 is 0 Å². The third-order valence-corrected chi connectivity index (χ3v) is 6.67. The highest BCUT2D eigenvalue weighted by molar-refractivity contribution is 5.40. The minimum atomic E-state index is -0.530. The Kier molecular flexibility index (Phi) is 9.37. The van der Waals surface area contributed by atoms with Crippen molar-refractivity contribution in [3.05, 3.63) is 56.4 Å². The molecule has 2 heterocycles. The van der Waals surface area contributed by atoms with Crippen molar-refractivity contribution in [3.63, 3.8) is 0 Å². The number of epoxide rings is 1. The average molecular weight is 474 g/mol. The van der Waals surface area contributed by atoms with Gasteiger partial charge in [-0.3, -0.25) is 4.79 Å². The molecule has 1 aromatic rings. The highest BCUT2D eigenvalue weighted by Crippen LogP contribution is 2.46. The fourth-order valence-corrected chi connectivity index (χ4v) is 4.81. The van der Waals surface area contributed by atoms with E-state index >= 15 is 0 Å². The Bertz CT molecular complexity index is 1020. The highest BCUT2D eigenvalue weighted by Gasteiger charge is 2.59. The summed E-state index contributed by atoms with van der Waals surface area (Å²) in [6.07, 6.45) is 7.44. The van der Waals surface area contributed by atoms with Crippen LogP contribution in [0.2, 0.25) is 0 Å². The number of H-pyrrole nitrogens is 1. The standard InChI is InChI=1S/C28H43NO5/c1-16(2)26-28(8,34-26)25(31)20(6)15-19(5)14-18(4)13-17(3)11-12-22-21(7)23(30)24(32-9)27(29-22)33-10/h11,14-16,20,25-26,31H,12-13H2,1-10H3,(H,29,30)/t20-,25-,26+,28+/m1/s1. The van der Waals surface area contributed by atoms with E-state index < -0.39 is 11.7 Å². The number of pyridine rings is 1. The lowest BCUT2D eigenvalue weighted by Crippen LogP contribution is -2.35. The fourth-order valence-electron chi connectivity index (χ4n) is 4.81. The van der Waals surface area contributed by atoms with Gasteiger partial charge in [-0.25, -0.2) is 0 Å². The third kappa shape index (κ3) is 6.42. The van der Waals surface area contributed by atoms with Crippen molar-refractivity contribution in [2.45, 2.75) is 86.0 Å². The van der Waals surface area contributed by atoms with E-state index in [4.69, 9.17) is 14.2 Å². The van der Waals surface area contributed by atoms with Crippen LogP contribution < -0.4 is 14.9 Å². The Labute approximate surface area is 204 Å². The molecule has 2 N–H and O–H groups in total. The molecule has 2 rings (SSSR count). The number of rotatable bonds is 11. The van der Waals surface area contributed by atoms with Crippen molar-refractivity contribution in [1.29, 1.82) is 0 Å². The maximum atomic E-state index is 12.5. The fraction of sp³-hybridized carbons (Fsp3) is 0.607. The van der Waals surface area contributed by atoms with Crippen LogP contribution in [0.25, 0.3) is 0 Å². The highest BCUT2D eigenvalue weighted by atomic mass is 16.6. The zero-order valence-corrected chi connectivity index (χ0v) is 22.5. The van der Waals surface area contributed by atoms with Gasteiger partial charge in [-0.05, 0) is 47.0 Å². The first-order valence-corrected chi connectivity index (χ1v) is 12.1. The average Bonchev–Trinajstić information content (AvgIpc) is 3.46. The summed E-state index contributed by atoms with van der Waals surface area (Å²) in [6, 6.07) is 0. The van der Waals surface area contributed by atoms with Crippen molar-refractivity contribution in [1.82, 2.24) is 4.98 Å². The molecule has 4 atom stereocenters. The Morgan fingerprint density at radius 1 is 1.18 bits per heavy atom. The van der Waals surface area contributed by atoms with Gasteiger partial charge in [-0.15, -0.1) is 0 Å². The largest absolute Gasteiger partial charge is 0.488 e. The van der Waals surface area contributed by atoms with Gasteiger partial charge in [0, 0.05) is 23.6 Å². The molecule has 0 aliphatic carbocycles. The molecule has 6 heteroatoms. The second-order valence-electron chi connectivity index (χ2n) is 10.2. The predicted molar refractivity (Wildman–Crippen MR) is 138 cm³/mol. The number of aliphatic hydroxyl groups excluding tert-OH is 1. The normalized spacial score (nSPS) is 23.2. The van der Waals surface area contributed by atoms with Crippen LogP contribution in [0.15, 0.2) is 39.7 Å². The minimum Gasteiger partial charge on any atom is -0.488 e. The third-order valence-electron chi connectivity index (χ3n) is 6.67. The van der Waals surface area contributed by atoms with Gasteiger partial charge in [-0.1, -0.05) is 55.7 Å². The lowest BCUT2D eigenvalue weighted by atomic mass is 9.86. The smallest absolute Gasteiger partial charge is 0.238 e. The predicted octanol–water partition coefficient (Wildman–Crippen LogP) is 5.28. The van der Waals surface area contributed by atoms with E-state index in [2.05, 4.69) is 57.8 Å². The summed E-state index contributed by atoms with van der Waals surface area (Å²) >= 11 is 0. The molecule has 34 heavy (non-hydrogen) atoms. The minimum absolute atomic E-state index is 0.000657. The number of ether oxygens (including phenoxy) is 3. The number of nitrogens with one attached hydrogen (secondary N) is 1. The number of aromatic amines is 1.